The maximum atomic E-state index is 13.4. The number of nitrogens with zero attached hydrogens (tertiary/aromatic N) is 2. The molecule has 0 saturated carbocycles. The second-order valence-electron chi connectivity index (χ2n) is 6.67. The lowest BCUT2D eigenvalue weighted by Gasteiger charge is -2.26. The zero-order valence-electron chi connectivity index (χ0n) is 16.0. The van der Waals surface area contributed by atoms with E-state index in [4.69, 9.17) is 0 Å². The molecule has 1 aliphatic heterocycles. The van der Waals surface area contributed by atoms with Gasteiger partial charge in [-0.25, -0.2) is 12.8 Å². The van der Waals surface area contributed by atoms with Gasteiger partial charge in [-0.15, -0.1) is 0 Å². The molecule has 1 N–H and O–H groups in total. The van der Waals surface area contributed by atoms with Crippen LogP contribution in [0.3, 0.4) is 0 Å². The monoisotopic (exact) mass is 419 g/mol. The second-order valence-corrected chi connectivity index (χ2v) is 8.60. The third-order valence-corrected chi connectivity index (χ3v) is 6.49. The molecule has 29 heavy (non-hydrogen) atoms. The van der Waals surface area contributed by atoms with E-state index in [0.29, 0.717) is 12.1 Å². The highest BCUT2D eigenvalue weighted by Gasteiger charge is 2.29. The molecule has 0 radical (unpaired) electrons. The third kappa shape index (κ3) is 4.80. The van der Waals surface area contributed by atoms with E-state index < -0.39 is 10.0 Å². The van der Waals surface area contributed by atoms with E-state index in [1.807, 2.05) is 0 Å². The van der Waals surface area contributed by atoms with E-state index in [2.05, 4.69) is 5.32 Å². The van der Waals surface area contributed by atoms with Crippen LogP contribution in [0.2, 0.25) is 0 Å². The summed E-state index contributed by atoms with van der Waals surface area (Å²) in [6, 6.07) is 11.7. The molecule has 0 bridgehead atoms. The average molecular weight is 419 g/mol. The number of carbonyl (C=O) groups is 2. The fourth-order valence-electron chi connectivity index (χ4n) is 3.12. The van der Waals surface area contributed by atoms with Crippen LogP contribution in [-0.4, -0.2) is 55.6 Å². The molecule has 0 aromatic heterocycles. The summed E-state index contributed by atoms with van der Waals surface area (Å²) in [6.07, 6.45) is 0. The molecule has 0 atom stereocenters. The molecular formula is C20H22FN3O4S. The zero-order valence-corrected chi connectivity index (χ0v) is 16.8. The van der Waals surface area contributed by atoms with Crippen molar-refractivity contribution in [2.75, 3.05) is 26.2 Å². The molecule has 0 aliphatic carbocycles. The van der Waals surface area contributed by atoms with Gasteiger partial charge in [0.05, 0.1) is 11.4 Å². The van der Waals surface area contributed by atoms with Crippen LogP contribution in [0.4, 0.5) is 4.39 Å². The largest absolute Gasteiger partial charge is 0.354 e. The third-order valence-electron chi connectivity index (χ3n) is 4.65. The van der Waals surface area contributed by atoms with Crippen molar-refractivity contribution in [1.29, 1.82) is 0 Å². The smallest absolute Gasteiger partial charge is 0.254 e. The number of nitrogens with one attached hydrogen (secondary N) is 1. The highest BCUT2D eigenvalue weighted by atomic mass is 32.2. The van der Waals surface area contributed by atoms with Crippen molar-refractivity contribution in [3.8, 4) is 0 Å². The van der Waals surface area contributed by atoms with Gasteiger partial charge < -0.3 is 10.2 Å². The normalized spacial score (nSPS) is 15.0. The number of halogens is 1. The van der Waals surface area contributed by atoms with Crippen molar-refractivity contribution in [1.82, 2.24) is 14.5 Å². The minimum Gasteiger partial charge on any atom is -0.354 e. The van der Waals surface area contributed by atoms with Crippen molar-refractivity contribution >= 4 is 21.8 Å². The number of benzene rings is 2. The lowest BCUT2D eigenvalue weighted by Crippen LogP contribution is -2.49. The molecule has 1 aliphatic rings. The maximum Gasteiger partial charge on any atom is 0.254 e. The lowest BCUT2D eigenvalue weighted by molar-refractivity contribution is -0.122. The molecule has 0 unspecified atom stereocenters. The first-order valence-electron chi connectivity index (χ1n) is 9.22. The van der Waals surface area contributed by atoms with E-state index in [1.54, 1.807) is 25.1 Å². The van der Waals surface area contributed by atoms with Crippen LogP contribution in [0, 0.1) is 5.82 Å². The van der Waals surface area contributed by atoms with Gasteiger partial charge in [0.15, 0.2) is 0 Å². The Balaban J connectivity index is 1.83. The Bertz CT molecular complexity index is 1030. The molecule has 1 fully saturated rings. The van der Waals surface area contributed by atoms with Gasteiger partial charge in [0.1, 0.15) is 5.82 Å². The highest BCUT2D eigenvalue weighted by Crippen LogP contribution is 2.19. The molecule has 1 saturated heterocycles. The summed E-state index contributed by atoms with van der Waals surface area (Å²) in [6.45, 7) is 2.54. The van der Waals surface area contributed by atoms with Crippen LogP contribution in [0.25, 0.3) is 0 Å². The summed E-state index contributed by atoms with van der Waals surface area (Å²) in [5.41, 5.74) is 0.856. The molecule has 9 heteroatoms. The van der Waals surface area contributed by atoms with Crippen LogP contribution >= 0.6 is 0 Å². The van der Waals surface area contributed by atoms with Crippen molar-refractivity contribution in [2.45, 2.75) is 18.4 Å². The van der Waals surface area contributed by atoms with Gasteiger partial charge >= 0.3 is 0 Å². The van der Waals surface area contributed by atoms with Crippen LogP contribution in [0.15, 0.2) is 53.4 Å². The first-order chi connectivity index (χ1) is 13.8. The summed E-state index contributed by atoms with van der Waals surface area (Å²) in [7, 11) is -3.90. The molecule has 154 valence electrons. The van der Waals surface area contributed by atoms with Gasteiger partial charge in [-0.2, -0.15) is 4.31 Å². The summed E-state index contributed by atoms with van der Waals surface area (Å²) in [5.74, 6) is -1.10. The summed E-state index contributed by atoms with van der Waals surface area (Å²) in [5, 5.41) is 2.58. The SMILES string of the molecule is CCN(Cc1cccc(F)c1)C(=O)c1cccc(S(=O)(=O)N2CCNC(=O)C2)c1. The minimum absolute atomic E-state index is 0.0418. The first kappa shape index (κ1) is 20.9. The fraction of sp³-hybridized carbons (Fsp3) is 0.300. The molecule has 1 heterocycles. The average Bonchev–Trinajstić information content (AvgIpc) is 2.71. The standard InChI is InChI=1S/C20H22FN3O4S/c1-2-23(13-15-5-3-7-17(21)11-15)20(26)16-6-4-8-18(12-16)29(27,28)24-10-9-22-19(25)14-24/h3-8,11-12H,2,9-10,13-14H2,1H3,(H,22,25). The molecule has 3 rings (SSSR count). The van der Waals surface area contributed by atoms with E-state index >= 15 is 0 Å². The molecule has 0 spiro atoms. The topological polar surface area (TPSA) is 86.8 Å². The predicted octanol–water partition coefficient (Wildman–Crippen LogP) is 1.61. The molecule has 7 nitrogen and oxygen atoms in total. The summed E-state index contributed by atoms with van der Waals surface area (Å²) in [4.78, 5) is 25.9. The van der Waals surface area contributed by atoms with E-state index in [0.717, 1.165) is 4.31 Å². The summed E-state index contributed by atoms with van der Waals surface area (Å²) < 4.78 is 40.2. The Kier molecular flexibility index (Phi) is 6.29. The van der Waals surface area contributed by atoms with Crippen LogP contribution < -0.4 is 5.32 Å². The van der Waals surface area contributed by atoms with Crippen LogP contribution in [-0.2, 0) is 21.4 Å². The second kappa shape index (κ2) is 8.71. The lowest BCUT2D eigenvalue weighted by atomic mass is 10.1. The number of sulfonamides is 1. The Morgan fingerprint density at radius 2 is 1.97 bits per heavy atom. The Morgan fingerprint density at radius 3 is 2.66 bits per heavy atom. The van der Waals surface area contributed by atoms with E-state index in [-0.39, 0.29) is 54.3 Å². The Hall–Kier alpha value is -2.78. The predicted molar refractivity (Wildman–Crippen MR) is 105 cm³/mol. The number of rotatable bonds is 6. The Labute approximate surface area is 169 Å². The zero-order chi connectivity index (χ0) is 21.0. The number of hydrogen-bond acceptors (Lipinski definition) is 4. The van der Waals surface area contributed by atoms with Gasteiger partial charge in [-0.3, -0.25) is 9.59 Å². The summed E-state index contributed by atoms with van der Waals surface area (Å²) >= 11 is 0. The molecule has 2 amide bonds. The number of hydrogen-bond donors (Lipinski definition) is 1. The number of amides is 2. The number of carbonyl (C=O) groups excluding carboxylic acids is 2. The molecule has 2 aromatic rings. The molecule has 2 aromatic carbocycles. The number of piperazine rings is 1. The molecular weight excluding hydrogens is 397 g/mol. The van der Waals surface area contributed by atoms with Crippen LogP contribution in [0.1, 0.15) is 22.8 Å². The van der Waals surface area contributed by atoms with Crippen LogP contribution in [0.5, 0.6) is 0 Å². The maximum absolute atomic E-state index is 13.4. The van der Waals surface area contributed by atoms with Crippen molar-refractivity contribution in [2.24, 2.45) is 0 Å². The Morgan fingerprint density at radius 1 is 1.21 bits per heavy atom. The minimum atomic E-state index is -3.90. The van der Waals surface area contributed by atoms with E-state index in [1.165, 1.54) is 35.2 Å². The van der Waals surface area contributed by atoms with Crippen molar-refractivity contribution in [3.05, 3.63) is 65.5 Å². The highest BCUT2D eigenvalue weighted by molar-refractivity contribution is 7.89. The van der Waals surface area contributed by atoms with Gasteiger partial charge in [0, 0.05) is 31.7 Å². The quantitative estimate of drug-likeness (QED) is 0.771. The van der Waals surface area contributed by atoms with E-state index in [9.17, 15) is 22.4 Å². The van der Waals surface area contributed by atoms with Gasteiger partial charge in [0.2, 0.25) is 15.9 Å². The van der Waals surface area contributed by atoms with Gasteiger partial charge in [0.25, 0.3) is 5.91 Å². The van der Waals surface area contributed by atoms with Gasteiger partial charge in [-0.05, 0) is 42.8 Å². The van der Waals surface area contributed by atoms with Crippen molar-refractivity contribution < 1.29 is 22.4 Å². The first-order valence-corrected chi connectivity index (χ1v) is 10.7. The fourth-order valence-corrected chi connectivity index (χ4v) is 4.57. The van der Waals surface area contributed by atoms with Gasteiger partial charge in [-0.1, -0.05) is 18.2 Å². The van der Waals surface area contributed by atoms with Crippen molar-refractivity contribution in [3.63, 3.8) is 0 Å².